The highest BCUT2D eigenvalue weighted by molar-refractivity contribution is 6.03. The molecule has 3 rings (SSSR count). The van der Waals surface area contributed by atoms with Gasteiger partial charge in [-0.2, -0.15) is 0 Å². The number of unbranched alkanes of at least 4 members (excludes halogenated alkanes) is 1. The fraction of sp³-hybridized carbons (Fsp3) is 0.333. The highest BCUT2D eigenvalue weighted by Gasteiger charge is 2.43. The van der Waals surface area contributed by atoms with E-state index in [0.717, 1.165) is 23.1 Å². The number of benzene rings is 2. The van der Waals surface area contributed by atoms with Crippen molar-refractivity contribution in [2.75, 3.05) is 6.54 Å². The number of halogens is 1. The Hall–Kier alpha value is -2.41. The molecule has 28 heavy (non-hydrogen) atoms. The molecule has 0 bridgehead atoms. The molecular formula is C21H25ClN2O4. The molecule has 0 saturated carbocycles. The molecule has 2 aromatic carbocycles. The van der Waals surface area contributed by atoms with Crippen molar-refractivity contribution in [3.05, 3.63) is 59.2 Å². The van der Waals surface area contributed by atoms with Crippen molar-refractivity contribution in [2.45, 2.75) is 37.8 Å². The average Bonchev–Trinajstić information content (AvgIpc) is 3.05. The number of carbonyl (C=O) groups excluding carboxylic acids is 1. The number of carboxylic acid groups (broad SMARTS) is 1. The van der Waals surface area contributed by atoms with Gasteiger partial charge in [-0.05, 0) is 60.0 Å². The van der Waals surface area contributed by atoms with E-state index in [1.165, 1.54) is 11.1 Å². The van der Waals surface area contributed by atoms with Gasteiger partial charge in [0.05, 0.1) is 0 Å². The Balaban J connectivity index is 0.00000280. The minimum absolute atomic E-state index is 0. The van der Waals surface area contributed by atoms with E-state index in [4.69, 9.17) is 16.2 Å². The van der Waals surface area contributed by atoms with Crippen molar-refractivity contribution < 1.29 is 19.4 Å². The molecule has 2 aromatic rings. The van der Waals surface area contributed by atoms with E-state index in [1.54, 1.807) is 0 Å². The molecule has 0 fully saturated rings. The van der Waals surface area contributed by atoms with E-state index in [1.807, 2.05) is 30.3 Å². The van der Waals surface area contributed by atoms with Gasteiger partial charge >= 0.3 is 11.9 Å². The van der Waals surface area contributed by atoms with E-state index < -0.39 is 17.5 Å². The molecule has 5 N–H and O–H groups in total. The summed E-state index contributed by atoms with van der Waals surface area (Å²) in [6, 6.07) is 14.0. The molecule has 0 amide bonds. The Bertz CT molecular complexity index is 871. The smallest absolute Gasteiger partial charge is 0.338 e. The predicted octanol–water partition coefficient (Wildman–Crippen LogP) is 2.63. The summed E-state index contributed by atoms with van der Waals surface area (Å²) in [6.45, 7) is 0.417. The molecule has 0 saturated heterocycles. The average molecular weight is 405 g/mol. The Morgan fingerprint density at radius 2 is 1.79 bits per heavy atom. The summed E-state index contributed by atoms with van der Waals surface area (Å²) in [6.07, 6.45) is 1.81. The standard InChI is InChI=1S/C21H24N2O4.ClH/c22-11-4-3-10-21(23,19(24)25)20(26)27-13-15-7-5-9-17-16-8-2-1-6-14(16)12-18(15)17;/h1-2,5-9H,3-4,10-13,22-23H2,(H,24,25);1H/t21-;/m0./s1. The summed E-state index contributed by atoms with van der Waals surface area (Å²) >= 11 is 0. The van der Waals surface area contributed by atoms with Crippen molar-refractivity contribution in [1.82, 2.24) is 0 Å². The molecule has 1 aliphatic carbocycles. The molecule has 6 nitrogen and oxygen atoms in total. The first-order valence-corrected chi connectivity index (χ1v) is 9.06. The van der Waals surface area contributed by atoms with Gasteiger partial charge in [0.25, 0.3) is 0 Å². The van der Waals surface area contributed by atoms with E-state index in [-0.39, 0.29) is 25.4 Å². The van der Waals surface area contributed by atoms with Gasteiger partial charge in [0, 0.05) is 0 Å². The largest absolute Gasteiger partial charge is 0.479 e. The van der Waals surface area contributed by atoms with Crippen LogP contribution >= 0.6 is 12.4 Å². The molecule has 0 aliphatic heterocycles. The Kier molecular flexibility index (Phi) is 7.18. The van der Waals surface area contributed by atoms with Crippen LogP contribution in [0.25, 0.3) is 11.1 Å². The Morgan fingerprint density at radius 1 is 1.07 bits per heavy atom. The number of hydrogen-bond donors (Lipinski definition) is 3. The van der Waals surface area contributed by atoms with Crippen LogP contribution in [0, 0.1) is 0 Å². The highest BCUT2D eigenvalue weighted by Crippen LogP contribution is 2.38. The van der Waals surface area contributed by atoms with E-state index in [9.17, 15) is 14.7 Å². The molecule has 0 heterocycles. The maximum absolute atomic E-state index is 12.4. The zero-order chi connectivity index (χ0) is 19.4. The van der Waals surface area contributed by atoms with Gasteiger partial charge in [0.1, 0.15) is 6.61 Å². The third-order valence-electron chi connectivity index (χ3n) is 5.08. The SMILES string of the molecule is Cl.NCCCC[C@](N)(C(=O)O)C(=O)OCc1cccc2c1Cc1ccccc1-2. The molecule has 7 heteroatoms. The number of aliphatic carboxylic acids is 1. The molecule has 0 unspecified atom stereocenters. The van der Waals surface area contributed by atoms with Gasteiger partial charge in [-0.3, -0.25) is 0 Å². The van der Waals surface area contributed by atoms with Crippen LogP contribution in [0.2, 0.25) is 0 Å². The van der Waals surface area contributed by atoms with Crippen molar-refractivity contribution in [3.8, 4) is 11.1 Å². The zero-order valence-electron chi connectivity index (χ0n) is 15.5. The maximum Gasteiger partial charge on any atom is 0.338 e. The van der Waals surface area contributed by atoms with Crippen LogP contribution in [-0.4, -0.2) is 29.1 Å². The van der Waals surface area contributed by atoms with Crippen LogP contribution in [-0.2, 0) is 27.4 Å². The van der Waals surface area contributed by atoms with Gasteiger partial charge in [0.2, 0.25) is 5.54 Å². The first-order chi connectivity index (χ1) is 13.0. The van der Waals surface area contributed by atoms with Crippen molar-refractivity contribution in [2.24, 2.45) is 11.5 Å². The number of rotatable bonds is 8. The summed E-state index contributed by atoms with van der Waals surface area (Å²) in [5.41, 5.74) is 14.7. The van der Waals surface area contributed by atoms with Crippen LogP contribution in [0.15, 0.2) is 42.5 Å². The summed E-state index contributed by atoms with van der Waals surface area (Å²) in [5.74, 6) is -2.30. The topological polar surface area (TPSA) is 116 Å². The second kappa shape index (κ2) is 9.19. The molecule has 0 aromatic heterocycles. The molecule has 150 valence electrons. The number of carboxylic acids is 1. The van der Waals surface area contributed by atoms with Crippen LogP contribution in [0.3, 0.4) is 0 Å². The summed E-state index contributed by atoms with van der Waals surface area (Å²) in [5, 5.41) is 9.42. The van der Waals surface area contributed by atoms with Crippen LogP contribution < -0.4 is 11.5 Å². The number of esters is 1. The molecular weight excluding hydrogens is 380 g/mol. The normalized spacial score (nSPS) is 13.6. The number of nitrogens with two attached hydrogens (primary N) is 2. The number of carbonyl (C=O) groups is 2. The van der Waals surface area contributed by atoms with Gasteiger partial charge in [-0.25, -0.2) is 9.59 Å². The summed E-state index contributed by atoms with van der Waals surface area (Å²) in [7, 11) is 0. The lowest BCUT2D eigenvalue weighted by molar-refractivity contribution is -0.162. The monoisotopic (exact) mass is 404 g/mol. The van der Waals surface area contributed by atoms with Crippen molar-refractivity contribution >= 4 is 24.3 Å². The van der Waals surface area contributed by atoms with E-state index in [0.29, 0.717) is 19.4 Å². The second-order valence-electron chi connectivity index (χ2n) is 6.88. The van der Waals surface area contributed by atoms with Crippen molar-refractivity contribution in [3.63, 3.8) is 0 Å². The first kappa shape index (κ1) is 21.9. The number of ether oxygens (including phenoxy) is 1. The highest BCUT2D eigenvalue weighted by atomic mass is 35.5. The summed E-state index contributed by atoms with van der Waals surface area (Å²) in [4.78, 5) is 24.0. The van der Waals surface area contributed by atoms with Gasteiger partial charge in [-0.15, -0.1) is 12.4 Å². The molecule has 0 radical (unpaired) electrons. The van der Waals surface area contributed by atoms with Gasteiger partial charge < -0.3 is 21.3 Å². The van der Waals surface area contributed by atoms with Crippen LogP contribution in [0.1, 0.15) is 36.0 Å². The van der Waals surface area contributed by atoms with Gasteiger partial charge in [0.15, 0.2) is 0 Å². The first-order valence-electron chi connectivity index (χ1n) is 9.06. The zero-order valence-corrected chi connectivity index (χ0v) is 16.3. The fourth-order valence-corrected chi connectivity index (χ4v) is 3.48. The van der Waals surface area contributed by atoms with Crippen LogP contribution in [0.5, 0.6) is 0 Å². The van der Waals surface area contributed by atoms with Crippen molar-refractivity contribution in [1.29, 1.82) is 0 Å². The lowest BCUT2D eigenvalue weighted by Gasteiger charge is -2.23. The molecule has 0 spiro atoms. The van der Waals surface area contributed by atoms with E-state index in [2.05, 4.69) is 12.1 Å². The Morgan fingerprint density at radius 3 is 2.50 bits per heavy atom. The van der Waals surface area contributed by atoms with Crippen LogP contribution in [0.4, 0.5) is 0 Å². The number of fused-ring (bicyclic) bond motifs is 3. The fourth-order valence-electron chi connectivity index (χ4n) is 3.48. The molecule has 1 atom stereocenters. The predicted molar refractivity (Wildman–Crippen MR) is 109 cm³/mol. The third kappa shape index (κ3) is 4.19. The quantitative estimate of drug-likeness (QED) is 0.302. The lowest BCUT2D eigenvalue weighted by Crippen LogP contribution is -2.55. The maximum atomic E-state index is 12.4. The Labute approximate surface area is 170 Å². The molecule has 1 aliphatic rings. The summed E-state index contributed by atoms with van der Waals surface area (Å²) < 4.78 is 5.33. The number of hydrogen-bond acceptors (Lipinski definition) is 5. The minimum atomic E-state index is -2.05. The second-order valence-corrected chi connectivity index (χ2v) is 6.88. The third-order valence-corrected chi connectivity index (χ3v) is 5.08. The minimum Gasteiger partial charge on any atom is -0.479 e. The van der Waals surface area contributed by atoms with Gasteiger partial charge in [-0.1, -0.05) is 42.5 Å². The van der Waals surface area contributed by atoms with E-state index >= 15 is 0 Å². The lowest BCUT2D eigenvalue weighted by atomic mass is 9.94.